The van der Waals surface area contributed by atoms with Crippen LogP contribution in [0, 0.1) is 0 Å². The van der Waals surface area contributed by atoms with Crippen molar-refractivity contribution in [2.75, 3.05) is 54.1 Å². The number of amides is 3. The number of benzene rings is 2. The Hall–Kier alpha value is -4.68. The molecule has 0 spiro atoms. The Morgan fingerprint density at radius 2 is 1.89 bits per heavy atom. The van der Waals surface area contributed by atoms with Crippen LogP contribution in [0.15, 0.2) is 60.8 Å². The van der Waals surface area contributed by atoms with Gasteiger partial charge in [-0.1, -0.05) is 18.2 Å². The van der Waals surface area contributed by atoms with Gasteiger partial charge in [0.15, 0.2) is 11.5 Å². The van der Waals surface area contributed by atoms with Crippen LogP contribution in [0.3, 0.4) is 0 Å². The third kappa shape index (κ3) is 8.99. The van der Waals surface area contributed by atoms with Crippen molar-refractivity contribution in [3.63, 3.8) is 0 Å². The van der Waals surface area contributed by atoms with E-state index in [-0.39, 0.29) is 49.9 Å². The summed E-state index contributed by atoms with van der Waals surface area (Å²) in [6.07, 6.45) is 2.89. The van der Waals surface area contributed by atoms with Gasteiger partial charge in [0.05, 0.1) is 39.5 Å². The van der Waals surface area contributed by atoms with E-state index in [0.29, 0.717) is 67.7 Å². The molecule has 1 saturated heterocycles. The van der Waals surface area contributed by atoms with Crippen molar-refractivity contribution in [2.45, 2.75) is 44.4 Å². The van der Waals surface area contributed by atoms with Crippen molar-refractivity contribution in [1.29, 1.82) is 0 Å². The van der Waals surface area contributed by atoms with Crippen LogP contribution >= 0.6 is 0 Å². The lowest BCUT2D eigenvalue weighted by Crippen LogP contribution is -2.58. The summed E-state index contributed by atoms with van der Waals surface area (Å²) in [6.45, 7) is 1.63. The fourth-order valence-corrected chi connectivity index (χ4v) is 5.80. The number of piperidine rings is 1. The van der Waals surface area contributed by atoms with E-state index >= 15 is 0 Å². The van der Waals surface area contributed by atoms with E-state index in [1.165, 1.54) is 13.3 Å². The van der Waals surface area contributed by atoms with Gasteiger partial charge in [0, 0.05) is 57.6 Å². The molecular weight excluding hydrogens is 604 g/mol. The smallest absolute Gasteiger partial charge is 0.254 e. The first kappa shape index (κ1) is 33.7. The molecule has 2 atom stereocenters. The minimum atomic E-state index is -0.513. The largest absolute Gasteiger partial charge is 0.493 e. The number of methoxy groups -OCH3 is 3. The molecule has 47 heavy (non-hydrogen) atoms. The third-order valence-corrected chi connectivity index (χ3v) is 8.28. The molecule has 3 aliphatic heterocycles. The Morgan fingerprint density at radius 3 is 2.70 bits per heavy atom. The van der Waals surface area contributed by atoms with Crippen molar-refractivity contribution in [3.05, 3.63) is 77.5 Å². The number of pyridine rings is 1. The van der Waals surface area contributed by atoms with Crippen LogP contribution in [0.1, 0.15) is 40.7 Å². The highest BCUT2D eigenvalue weighted by molar-refractivity contribution is 5.94. The Balaban J connectivity index is 1.41. The average Bonchev–Trinajstić information content (AvgIpc) is 3.09. The summed E-state index contributed by atoms with van der Waals surface area (Å²) in [5.74, 6) is 1.40. The summed E-state index contributed by atoms with van der Waals surface area (Å²) in [7, 11) is 4.68. The fourth-order valence-electron chi connectivity index (χ4n) is 5.80. The molecule has 3 amide bonds. The normalized spacial score (nSPS) is 19.0. The average molecular weight is 647 g/mol. The number of aromatic nitrogens is 1. The van der Waals surface area contributed by atoms with Gasteiger partial charge in [-0.05, 0) is 60.7 Å². The standard InChI is InChI=1S/C35H42N4O8/c1-43-17-5-15-38-22-32(40)37-28-21-39(35(42)26-12-14-36-33(20-26)45-3)16-13-29(28)46-23-25-6-4-7-27(18-25)47-30-10-8-24(9-11-34(38)41)19-31(30)44-2/h4,6-8,10,12,14,18-20,28-29H,5,9,11,13,15-17,21-23H2,1-3H3,(H,37,40)/t28-,29+/m1/s1. The molecule has 1 aromatic heterocycles. The molecule has 0 unspecified atom stereocenters. The number of aryl methyl sites for hydroxylation is 1. The van der Waals surface area contributed by atoms with Crippen LogP contribution in [-0.2, 0) is 32.1 Å². The van der Waals surface area contributed by atoms with Gasteiger partial charge in [-0.25, -0.2) is 4.98 Å². The summed E-state index contributed by atoms with van der Waals surface area (Å²) in [6, 6.07) is 15.9. The topological polar surface area (TPSA) is 129 Å². The number of nitrogens with zero attached hydrogens (tertiary/aromatic N) is 3. The molecule has 0 saturated carbocycles. The zero-order chi connectivity index (χ0) is 33.2. The highest BCUT2D eigenvalue weighted by Gasteiger charge is 2.34. The lowest BCUT2D eigenvalue weighted by atomic mass is 10.0. The van der Waals surface area contributed by atoms with E-state index in [1.807, 2.05) is 42.5 Å². The monoisotopic (exact) mass is 646 g/mol. The van der Waals surface area contributed by atoms with E-state index in [2.05, 4.69) is 10.3 Å². The number of carbonyl (C=O) groups is 3. The van der Waals surface area contributed by atoms with Crippen LogP contribution in [0.4, 0.5) is 0 Å². The maximum absolute atomic E-state index is 13.6. The molecule has 4 bridgehead atoms. The first-order valence-corrected chi connectivity index (χ1v) is 15.8. The number of fused-ring (bicyclic) bond motifs is 9. The van der Waals surface area contributed by atoms with Crippen molar-refractivity contribution < 1.29 is 38.1 Å². The lowest BCUT2D eigenvalue weighted by molar-refractivity contribution is -0.137. The van der Waals surface area contributed by atoms with Gasteiger partial charge in [-0.3, -0.25) is 14.4 Å². The number of hydrogen-bond donors (Lipinski definition) is 1. The number of ether oxygens (including phenoxy) is 5. The van der Waals surface area contributed by atoms with Crippen molar-refractivity contribution in [3.8, 4) is 23.1 Å². The summed E-state index contributed by atoms with van der Waals surface area (Å²) in [5, 5.41) is 3.09. The SMILES string of the molecule is COCCCN1CC(=O)N[C@@H]2CN(C(=O)c3ccnc(OC)c3)CC[C@@H]2OCc2cccc(c2)Oc2ccc(cc2OC)CCC1=O. The second-order valence-corrected chi connectivity index (χ2v) is 11.5. The number of hydrogen-bond acceptors (Lipinski definition) is 9. The maximum Gasteiger partial charge on any atom is 0.254 e. The summed E-state index contributed by atoms with van der Waals surface area (Å²) >= 11 is 0. The quantitative estimate of drug-likeness (QED) is 0.383. The summed E-state index contributed by atoms with van der Waals surface area (Å²) < 4.78 is 28.6. The van der Waals surface area contributed by atoms with Crippen molar-refractivity contribution in [2.24, 2.45) is 0 Å². The maximum atomic E-state index is 13.6. The molecule has 4 heterocycles. The Kier molecular flexibility index (Phi) is 11.6. The van der Waals surface area contributed by atoms with Gasteiger partial charge in [-0.2, -0.15) is 0 Å². The number of nitrogens with one attached hydrogen (secondary N) is 1. The number of likely N-dealkylation sites (tertiary alicyclic amines) is 1. The van der Waals surface area contributed by atoms with E-state index < -0.39 is 6.04 Å². The lowest BCUT2D eigenvalue weighted by Gasteiger charge is -2.39. The van der Waals surface area contributed by atoms with Crippen LogP contribution in [0.25, 0.3) is 0 Å². The van der Waals surface area contributed by atoms with Crippen LogP contribution in [0.2, 0.25) is 0 Å². The third-order valence-electron chi connectivity index (χ3n) is 8.28. The van der Waals surface area contributed by atoms with Gasteiger partial charge < -0.3 is 38.8 Å². The summed E-state index contributed by atoms with van der Waals surface area (Å²) in [4.78, 5) is 47.9. The van der Waals surface area contributed by atoms with Gasteiger partial charge in [0.25, 0.3) is 5.91 Å². The molecule has 0 radical (unpaired) electrons. The predicted molar refractivity (Wildman–Crippen MR) is 173 cm³/mol. The van der Waals surface area contributed by atoms with Gasteiger partial charge >= 0.3 is 0 Å². The van der Waals surface area contributed by atoms with E-state index in [9.17, 15) is 14.4 Å². The first-order valence-electron chi connectivity index (χ1n) is 15.8. The second-order valence-electron chi connectivity index (χ2n) is 11.5. The second kappa shape index (κ2) is 16.2. The van der Waals surface area contributed by atoms with E-state index in [0.717, 1.165) is 11.1 Å². The van der Waals surface area contributed by atoms with Gasteiger partial charge in [0.1, 0.15) is 5.75 Å². The van der Waals surface area contributed by atoms with E-state index in [1.54, 1.807) is 36.2 Å². The highest BCUT2D eigenvalue weighted by atomic mass is 16.5. The minimum Gasteiger partial charge on any atom is -0.493 e. The molecule has 12 nitrogen and oxygen atoms in total. The van der Waals surface area contributed by atoms with E-state index in [4.69, 9.17) is 23.7 Å². The molecule has 3 aliphatic rings. The molecule has 1 N–H and O–H groups in total. The molecular formula is C35H42N4O8. The Labute approximate surface area is 274 Å². The van der Waals surface area contributed by atoms with Crippen molar-refractivity contribution >= 4 is 17.7 Å². The minimum absolute atomic E-state index is 0.126. The van der Waals surface area contributed by atoms with Crippen molar-refractivity contribution in [1.82, 2.24) is 20.1 Å². The Morgan fingerprint density at radius 1 is 1.02 bits per heavy atom. The van der Waals surface area contributed by atoms with Gasteiger partial charge in [0.2, 0.25) is 17.7 Å². The number of rotatable bonds is 7. The molecule has 12 heteroatoms. The Bertz CT molecular complexity index is 1550. The van der Waals surface area contributed by atoms with Crippen LogP contribution in [-0.4, -0.2) is 98.8 Å². The number of carbonyl (C=O) groups excluding carboxylic acids is 3. The summed E-state index contributed by atoms with van der Waals surface area (Å²) in [5.41, 5.74) is 2.24. The fraction of sp³-hybridized carbons (Fsp3) is 0.429. The molecule has 0 aliphatic carbocycles. The molecule has 3 aromatic rings. The first-order chi connectivity index (χ1) is 22.9. The zero-order valence-corrected chi connectivity index (χ0v) is 27.1. The molecule has 1 fully saturated rings. The zero-order valence-electron chi connectivity index (χ0n) is 27.1. The van der Waals surface area contributed by atoms with Crippen LogP contribution < -0.4 is 19.5 Å². The molecule has 6 rings (SSSR count). The highest BCUT2D eigenvalue weighted by Crippen LogP contribution is 2.33. The predicted octanol–water partition coefficient (Wildman–Crippen LogP) is 3.62. The molecule has 2 aromatic carbocycles. The van der Waals surface area contributed by atoms with Crippen LogP contribution in [0.5, 0.6) is 23.1 Å². The van der Waals surface area contributed by atoms with Gasteiger partial charge in [-0.15, -0.1) is 0 Å². The molecule has 250 valence electrons.